The van der Waals surface area contributed by atoms with E-state index in [4.69, 9.17) is 27.6 Å². The number of sulfonamides is 1. The van der Waals surface area contributed by atoms with Gasteiger partial charge in [-0.2, -0.15) is 4.31 Å². The molecule has 2 aromatic heterocycles. The van der Waals surface area contributed by atoms with Crippen LogP contribution in [0.25, 0.3) is 0 Å². The zero-order valence-electron chi connectivity index (χ0n) is 9.88. The fourth-order valence-electron chi connectivity index (χ4n) is 1.43. The molecule has 2 rings (SSSR count). The molecule has 0 bridgehead atoms. The van der Waals surface area contributed by atoms with Gasteiger partial charge in [0.1, 0.15) is 15.8 Å². The van der Waals surface area contributed by atoms with Crippen molar-refractivity contribution in [1.82, 2.24) is 9.29 Å². The minimum Gasteiger partial charge on any atom is -0.468 e. The molecule has 2 heterocycles. The quantitative estimate of drug-likeness (QED) is 0.812. The Morgan fingerprint density at radius 2 is 2.16 bits per heavy atom. The van der Waals surface area contributed by atoms with Crippen molar-refractivity contribution in [3.05, 3.63) is 46.6 Å². The van der Waals surface area contributed by atoms with Crippen LogP contribution in [0.2, 0.25) is 10.2 Å². The molecular weight excluding hydrogens is 311 g/mol. The Morgan fingerprint density at radius 3 is 2.74 bits per heavy atom. The zero-order valence-corrected chi connectivity index (χ0v) is 12.2. The second kappa shape index (κ2) is 5.50. The first-order valence-electron chi connectivity index (χ1n) is 5.21. The Hall–Kier alpha value is -1.08. The number of halogens is 2. The summed E-state index contributed by atoms with van der Waals surface area (Å²) in [4.78, 5) is 3.71. The molecule has 0 unspecified atom stereocenters. The molecule has 19 heavy (non-hydrogen) atoms. The van der Waals surface area contributed by atoms with Gasteiger partial charge in [0, 0.05) is 13.2 Å². The largest absolute Gasteiger partial charge is 0.468 e. The van der Waals surface area contributed by atoms with E-state index >= 15 is 0 Å². The van der Waals surface area contributed by atoms with Gasteiger partial charge in [-0.3, -0.25) is 0 Å². The molecular formula is C11H10Cl2N2O3S. The van der Waals surface area contributed by atoms with Crippen LogP contribution < -0.4 is 0 Å². The van der Waals surface area contributed by atoms with Gasteiger partial charge in [-0.05, 0) is 18.2 Å². The average Bonchev–Trinajstić information content (AvgIpc) is 2.85. The average molecular weight is 321 g/mol. The molecule has 0 fully saturated rings. The highest BCUT2D eigenvalue weighted by atomic mass is 35.5. The van der Waals surface area contributed by atoms with E-state index in [1.54, 1.807) is 12.1 Å². The molecule has 0 radical (unpaired) electrons. The van der Waals surface area contributed by atoms with Crippen molar-refractivity contribution in [2.45, 2.75) is 11.4 Å². The molecule has 0 saturated carbocycles. The summed E-state index contributed by atoms with van der Waals surface area (Å²) in [5, 5.41) is 0.156. The topological polar surface area (TPSA) is 63.4 Å². The summed E-state index contributed by atoms with van der Waals surface area (Å²) in [6.07, 6.45) is 2.65. The molecule has 0 aliphatic heterocycles. The molecule has 0 spiro atoms. The molecule has 0 N–H and O–H groups in total. The third-order valence-electron chi connectivity index (χ3n) is 2.44. The second-order valence-corrected chi connectivity index (χ2v) is 6.59. The van der Waals surface area contributed by atoms with E-state index in [0.717, 1.165) is 4.31 Å². The van der Waals surface area contributed by atoms with Gasteiger partial charge < -0.3 is 4.42 Å². The van der Waals surface area contributed by atoms with Gasteiger partial charge >= 0.3 is 0 Å². The fraction of sp³-hybridized carbons (Fsp3) is 0.182. The summed E-state index contributed by atoms with van der Waals surface area (Å²) in [6, 6.07) is 4.65. The first-order chi connectivity index (χ1) is 8.91. The normalized spacial score (nSPS) is 12.0. The van der Waals surface area contributed by atoms with Crippen molar-refractivity contribution >= 4 is 33.2 Å². The van der Waals surface area contributed by atoms with Crippen molar-refractivity contribution in [3.63, 3.8) is 0 Å². The zero-order chi connectivity index (χ0) is 14.0. The van der Waals surface area contributed by atoms with Gasteiger partial charge in [0.05, 0.1) is 17.8 Å². The van der Waals surface area contributed by atoms with E-state index in [0.29, 0.717) is 5.76 Å². The molecule has 0 saturated heterocycles. The van der Waals surface area contributed by atoms with Crippen molar-refractivity contribution in [1.29, 1.82) is 0 Å². The van der Waals surface area contributed by atoms with E-state index in [9.17, 15) is 8.42 Å². The lowest BCUT2D eigenvalue weighted by atomic mass is 10.4. The van der Waals surface area contributed by atoms with Crippen LogP contribution in [0.5, 0.6) is 0 Å². The van der Waals surface area contributed by atoms with Crippen LogP contribution in [0.4, 0.5) is 0 Å². The standard InChI is InChI=1S/C11H10Cl2N2O3S/c1-15(7-8-3-2-4-18-8)19(16,17)9-5-10(12)11(13)14-6-9/h2-6H,7H2,1H3. The van der Waals surface area contributed by atoms with Crippen molar-refractivity contribution in [2.24, 2.45) is 0 Å². The summed E-state index contributed by atoms with van der Waals surface area (Å²) in [5.74, 6) is 0.541. The SMILES string of the molecule is CN(Cc1ccco1)S(=O)(=O)c1cnc(Cl)c(Cl)c1. The first-order valence-corrected chi connectivity index (χ1v) is 7.40. The Bertz CT molecular complexity index is 671. The molecule has 5 nitrogen and oxygen atoms in total. The maximum atomic E-state index is 12.3. The molecule has 0 atom stereocenters. The maximum Gasteiger partial charge on any atom is 0.244 e. The highest BCUT2D eigenvalue weighted by Gasteiger charge is 2.23. The summed E-state index contributed by atoms with van der Waals surface area (Å²) in [5.41, 5.74) is 0. The van der Waals surface area contributed by atoms with Crippen LogP contribution in [0.1, 0.15) is 5.76 Å². The molecule has 2 aromatic rings. The van der Waals surface area contributed by atoms with Crippen LogP contribution in [0.15, 0.2) is 40.0 Å². The number of hydrogen-bond acceptors (Lipinski definition) is 4. The van der Waals surface area contributed by atoms with E-state index in [2.05, 4.69) is 4.98 Å². The monoisotopic (exact) mass is 320 g/mol. The maximum absolute atomic E-state index is 12.3. The number of furan rings is 1. The fourth-order valence-corrected chi connectivity index (χ4v) is 2.88. The highest BCUT2D eigenvalue weighted by molar-refractivity contribution is 7.89. The molecule has 0 aliphatic rings. The molecule has 0 aromatic carbocycles. The molecule has 0 aliphatic carbocycles. The summed E-state index contributed by atoms with van der Waals surface area (Å²) >= 11 is 11.4. The number of rotatable bonds is 4. The minimum atomic E-state index is -3.69. The first kappa shape index (κ1) is 14.3. The second-order valence-electron chi connectivity index (χ2n) is 3.78. The summed E-state index contributed by atoms with van der Waals surface area (Å²) < 4.78 is 30.8. The molecule has 8 heteroatoms. The smallest absolute Gasteiger partial charge is 0.244 e. The third-order valence-corrected chi connectivity index (χ3v) is 4.89. The lowest BCUT2D eigenvalue weighted by Gasteiger charge is -2.15. The van der Waals surface area contributed by atoms with Crippen LogP contribution in [0.3, 0.4) is 0 Å². The molecule has 0 amide bonds. The van der Waals surface area contributed by atoms with Crippen LogP contribution in [0, 0.1) is 0 Å². The summed E-state index contributed by atoms with van der Waals surface area (Å²) in [6.45, 7) is 0.121. The predicted octanol–water partition coefficient (Wildman–Crippen LogP) is 2.80. The van der Waals surface area contributed by atoms with Gasteiger partial charge in [0.15, 0.2) is 0 Å². The Balaban J connectivity index is 2.28. The lowest BCUT2D eigenvalue weighted by Crippen LogP contribution is -2.26. The Labute approximate surface area is 120 Å². The van der Waals surface area contributed by atoms with E-state index in [1.165, 1.54) is 25.6 Å². The number of pyridine rings is 1. The van der Waals surface area contributed by atoms with Crippen LogP contribution in [-0.2, 0) is 16.6 Å². The van der Waals surface area contributed by atoms with Crippen molar-refractivity contribution in [3.8, 4) is 0 Å². The van der Waals surface area contributed by atoms with Crippen LogP contribution >= 0.6 is 23.2 Å². The van der Waals surface area contributed by atoms with Crippen molar-refractivity contribution in [2.75, 3.05) is 7.05 Å². The highest BCUT2D eigenvalue weighted by Crippen LogP contribution is 2.24. The van der Waals surface area contributed by atoms with Gasteiger partial charge in [-0.15, -0.1) is 0 Å². The van der Waals surface area contributed by atoms with Crippen LogP contribution in [-0.4, -0.2) is 24.8 Å². The Morgan fingerprint density at radius 1 is 1.42 bits per heavy atom. The lowest BCUT2D eigenvalue weighted by molar-refractivity contribution is 0.406. The number of aromatic nitrogens is 1. The third kappa shape index (κ3) is 3.09. The number of nitrogens with zero attached hydrogens (tertiary/aromatic N) is 2. The molecule has 102 valence electrons. The van der Waals surface area contributed by atoms with Crippen molar-refractivity contribution < 1.29 is 12.8 Å². The predicted molar refractivity (Wildman–Crippen MR) is 71.6 cm³/mol. The van der Waals surface area contributed by atoms with Gasteiger partial charge in [0.2, 0.25) is 10.0 Å². The minimum absolute atomic E-state index is 0.0176. The Kier molecular flexibility index (Phi) is 4.15. The van der Waals surface area contributed by atoms with Gasteiger partial charge in [-0.25, -0.2) is 13.4 Å². The number of hydrogen-bond donors (Lipinski definition) is 0. The van der Waals surface area contributed by atoms with Gasteiger partial charge in [-0.1, -0.05) is 23.2 Å². The van der Waals surface area contributed by atoms with Gasteiger partial charge in [0.25, 0.3) is 0 Å². The van der Waals surface area contributed by atoms with E-state index < -0.39 is 10.0 Å². The summed E-state index contributed by atoms with van der Waals surface area (Å²) in [7, 11) is -2.24. The van der Waals surface area contributed by atoms with E-state index in [-0.39, 0.29) is 21.6 Å². The van der Waals surface area contributed by atoms with E-state index in [1.807, 2.05) is 0 Å².